The minimum Gasteiger partial charge on any atom is -0.507 e. The Balaban J connectivity index is 3.14. The van der Waals surface area contributed by atoms with E-state index >= 15 is 0 Å². The van der Waals surface area contributed by atoms with Gasteiger partial charge in [0.25, 0.3) is 0 Å². The molecule has 16 heavy (non-hydrogen) atoms. The van der Waals surface area contributed by atoms with Crippen LogP contribution in [0.5, 0.6) is 5.75 Å². The van der Waals surface area contributed by atoms with Crippen molar-refractivity contribution >= 4 is 5.78 Å². The predicted octanol–water partition coefficient (Wildman–Crippen LogP) is 1.94. The third-order valence-electron chi connectivity index (χ3n) is 2.00. The van der Waals surface area contributed by atoms with Crippen molar-refractivity contribution in [2.75, 3.05) is 6.54 Å². The number of aromatic hydroxyl groups is 1. The third-order valence-corrected chi connectivity index (χ3v) is 2.00. The first kappa shape index (κ1) is 12.5. The molecule has 1 aromatic carbocycles. The zero-order valence-electron chi connectivity index (χ0n) is 8.21. The van der Waals surface area contributed by atoms with Crippen molar-refractivity contribution in [2.45, 2.75) is 12.6 Å². The monoisotopic (exact) mass is 233 g/mol. The van der Waals surface area contributed by atoms with Gasteiger partial charge in [0.05, 0.1) is 11.1 Å². The molecule has 0 saturated heterocycles. The van der Waals surface area contributed by atoms with Crippen LogP contribution in [-0.2, 0) is 6.18 Å². The lowest BCUT2D eigenvalue weighted by Gasteiger charge is -2.09. The maximum atomic E-state index is 12.3. The van der Waals surface area contributed by atoms with E-state index in [0.29, 0.717) is 12.1 Å². The SMILES string of the molecule is NCCC(=O)c1cc(C(F)(F)F)ccc1O. The summed E-state index contributed by atoms with van der Waals surface area (Å²) in [5.74, 6) is -1.07. The highest BCUT2D eigenvalue weighted by atomic mass is 19.4. The minimum atomic E-state index is -4.54. The maximum absolute atomic E-state index is 12.3. The second-order valence-electron chi connectivity index (χ2n) is 3.19. The van der Waals surface area contributed by atoms with Crippen molar-refractivity contribution in [1.29, 1.82) is 0 Å². The Morgan fingerprint density at radius 2 is 2.00 bits per heavy atom. The van der Waals surface area contributed by atoms with Crippen molar-refractivity contribution < 1.29 is 23.1 Å². The van der Waals surface area contributed by atoms with E-state index in [0.717, 1.165) is 6.07 Å². The fraction of sp³-hybridized carbons (Fsp3) is 0.300. The number of benzene rings is 1. The van der Waals surface area contributed by atoms with E-state index in [4.69, 9.17) is 5.73 Å². The zero-order chi connectivity index (χ0) is 12.3. The standard InChI is InChI=1S/C10H10F3NO2/c11-10(12,13)6-1-2-8(15)7(5-6)9(16)3-4-14/h1-2,5,15H,3-4,14H2. The molecule has 1 rings (SSSR count). The molecule has 0 radical (unpaired) electrons. The highest BCUT2D eigenvalue weighted by Crippen LogP contribution is 2.32. The van der Waals surface area contributed by atoms with Crippen LogP contribution in [0, 0.1) is 0 Å². The average molecular weight is 233 g/mol. The maximum Gasteiger partial charge on any atom is 0.416 e. The van der Waals surface area contributed by atoms with Crippen LogP contribution < -0.4 is 5.73 Å². The van der Waals surface area contributed by atoms with E-state index in [9.17, 15) is 23.1 Å². The van der Waals surface area contributed by atoms with Gasteiger partial charge in [0.2, 0.25) is 0 Å². The molecular formula is C10H10F3NO2. The number of ketones is 1. The first-order valence-electron chi connectivity index (χ1n) is 4.49. The Morgan fingerprint density at radius 1 is 1.38 bits per heavy atom. The number of hydrogen-bond acceptors (Lipinski definition) is 3. The molecule has 0 heterocycles. The number of halogens is 3. The molecule has 0 aliphatic rings. The van der Waals surface area contributed by atoms with E-state index in [1.165, 1.54) is 0 Å². The van der Waals surface area contributed by atoms with Gasteiger partial charge < -0.3 is 10.8 Å². The van der Waals surface area contributed by atoms with E-state index in [-0.39, 0.29) is 18.5 Å². The lowest BCUT2D eigenvalue weighted by molar-refractivity contribution is -0.137. The summed E-state index contributed by atoms with van der Waals surface area (Å²) >= 11 is 0. The average Bonchev–Trinajstić information content (AvgIpc) is 2.16. The lowest BCUT2D eigenvalue weighted by atomic mass is 10.0. The van der Waals surface area contributed by atoms with Crippen molar-refractivity contribution in [3.05, 3.63) is 29.3 Å². The molecule has 0 fully saturated rings. The fourth-order valence-corrected chi connectivity index (χ4v) is 1.20. The highest BCUT2D eigenvalue weighted by Gasteiger charge is 2.31. The van der Waals surface area contributed by atoms with Crippen LogP contribution in [0.15, 0.2) is 18.2 Å². The van der Waals surface area contributed by atoms with Crippen LogP contribution in [-0.4, -0.2) is 17.4 Å². The topological polar surface area (TPSA) is 63.3 Å². The molecule has 0 atom stereocenters. The van der Waals surface area contributed by atoms with Crippen LogP contribution in [0.3, 0.4) is 0 Å². The van der Waals surface area contributed by atoms with Gasteiger partial charge in [-0.15, -0.1) is 0 Å². The number of hydrogen-bond donors (Lipinski definition) is 2. The quantitative estimate of drug-likeness (QED) is 0.784. The van der Waals surface area contributed by atoms with Crippen LogP contribution >= 0.6 is 0 Å². The summed E-state index contributed by atoms with van der Waals surface area (Å²) < 4.78 is 37.0. The molecule has 0 aliphatic carbocycles. The Morgan fingerprint density at radius 3 is 2.50 bits per heavy atom. The lowest BCUT2D eigenvalue weighted by Crippen LogP contribution is -2.11. The first-order valence-corrected chi connectivity index (χ1v) is 4.49. The smallest absolute Gasteiger partial charge is 0.416 e. The molecule has 0 bridgehead atoms. The van der Waals surface area contributed by atoms with Crippen LogP contribution in [0.2, 0.25) is 0 Å². The van der Waals surface area contributed by atoms with E-state index in [1.54, 1.807) is 0 Å². The molecule has 6 heteroatoms. The van der Waals surface area contributed by atoms with Gasteiger partial charge in [-0.1, -0.05) is 0 Å². The number of phenols is 1. The van der Waals surface area contributed by atoms with E-state index < -0.39 is 23.3 Å². The van der Waals surface area contributed by atoms with Gasteiger partial charge in [-0.2, -0.15) is 13.2 Å². The summed E-state index contributed by atoms with van der Waals surface area (Å²) in [5, 5.41) is 9.27. The molecule has 0 aliphatic heterocycles. The molecule has 88 valence electrons. The molecule has 0 spiro atoms. The second-order valence-corrected chi connectivity index (χ2v) is 3.19. The second kappa shape index (κ2) is 4.52. The van der Waals surface area contributed by atoms with Gasteiger partial charge in [-0.05, 0) is 24.7 Å². The summed E-state index contributed by atoms with van der Waals surface area (Å²) in [6.45, 7) is 0.0223. The molecule has 1 aromatic rings. The number of phenolic OH excluding ortho intramolecular Hbond substituents is 1. The van der Waals surface area contributed by atoms with Crippen molar-refractivity contribution in [3.8, 4) is 5.75 Å². The minimum absolute atomic E-state index is 0.0223. The number of Topliss-reactive ketones (excluding diaryl/α,β-unsaturated/α-hetero) is 1. The summed E-state index contributed by atoms with van der Waals surface area (Å²) in [7, 11) is 0. The van der Waals surface area contributed by atoms with Gasteiger partial charge in [-0.3, -0.25) is 4.79 Å². The molecular weight excluding hydrogens is 223 g/mol. The fourth-order valence-electron chi connectivity index (χ4n) is 1.20. The highest BCUT2D eigenvalue weighted by molar-refractivity contribution is 5.98. The Kier molecular flexibility index (Phi) is 3.54. The summed E-state index contributed by atoms with van der Waals surface area (Å²) in [4.78, 5) is 11.3. The van der Waals surface area contributed by atoms with Crippen molar-refractivity contribution in [2.24, 2.45) is 5.73 Å². The number of rotatable bonds is 3. The molecule has 0 aromatic heterocycles. The van der Waals surface area contributed by atoms with Crippen LogP contribution in [0.4, 0.5) is 13.2 Å². The van der Waals surface area contributed by atoms with Gasteiger partial charge in [0, 0.05) is 6.42 Å². The van der Waals surface area contributed by atoms with Crippen molar-refractivity contribution in [3.63, 3.8) is 0 Å². The third kappa shape index (κ3) is 2.73. The largest absolute Gasteiger partial charge is 0.507 e. The zero-order valence-corrected chi connectivity index (χ0v) is 8.21. The van der Waals surface area contributed by atoms with E-state index in [1.807, 2.05) is 0 Å². The Hall–Kier alpha value is -1.56. The summed E-state index contributed by atoms with van der Waals surface area (Å²) in [6, 6.07) is 2.20. The molecule has 0 amide bonds. The number of carbonyl (C=O) groups is 1. The molecule has 3 nitrogen and oxygen atoms in total. The molecule has 3 N–H and O–H groups in total. The first-order chi connectivity index (χ1) is 7.36. The van der Waals surface area contributed by atoms with Gasteiger partial charge >= 0.3 is 6.18 Å². The van der Waals surface area contributed by atoms with Gasteiger partial charge in [-0.25, -0.2) is 0 Å². The van der Waals surface area contributed by atoms with Crippen LogP contribution in [0.1, 0.15) is 22.3 Å². The number of alkyl halides is 3. The Labute approximate surface area is 89.7 Å². The van der Waals surface area contributed by atoms with Gasteiger partial charge in [0.1, 0.15) is 5.75 Å². The van der Waals surface area contributed by atoms with Gasteiger partial charge in [0.15, 0.2) is 5.78 Å². The number of nitrogens with two attached hydrogens (primary N) is 1. The number of carbonyl (C=O) groups excluding carboxylic acids is 1. The van der Waals surface area contributed by atoms with E-state index in [2.05, 4.69) is 0 Å². The molecule has 0 unspecified atom stereocenters. The molecule has 0 saturated carbocycles. The van der Waals surface area contributed by atoms with Crippen molar-refractivity contribution in [1.82, 2.24) is 0 Å². The predicted molar refractivity (Wildman–Crippen MR) is 51.1 cm³/mol. The normalized spacial score (nSPS) is 11.5. The summed E-state index contributed by atoms with van der Waals surface area (Å²) in [6.07, 6.45) is -4.64. The summed E-state index contributed by atoms with van der Waals surface area (Å²) in [5.41, 5.74) is 3.80. The van der Waals surface area contributed by atoms with Crippen LogP contribution in [0.25, 0.3) is 0 Å². The Bertz CT molecular complexity index is 402.